The van der Waals surface area contributed by atoms with Crippen LogP contribution < -0.4 is 10.6 Å². The van der Waals surface area contributed by atoms with Crippen molar-refractivity contribution in [1.82, 2.24) is 0 Å². The zero-order valence-electron chi connectivity index (χ0n) is 9.45. The van der Waals surface area contributed by atoms with Crippen LogP contribution in [0.25, 0.3) is 0 Å². The van der Waals surface area contributed by atoms with Gasteiger partial charge in [0, 0.05) is 24.8 Å². The van der Waals surface area contributed by atoms with E-state index in [0.29, 0.717) is 6.04 Å². The number of benzene rings is 1. The molecule has 0 amide bonds. The zero-order valence-corrected chi connectivity index (χ0v) is 9.45. The van der Waals surface area contributed by atoms with Crippen LogP contribution in [0.2, 0.25) is 0 Å². The predicted octanol–water partition coefficient (Wildman–Crippen LogP) is 2.18. The van der Waals surface area contributed by atoms with Gasteiger partial charge in [-0.2, -0.15) is 0 Å². The summed E-state index contributed by atoms with van der Waals surface area (Å²) < 4.78 is 0. The van der Waals surface area contributed by atoms with E-state index in [-0.39, 0.29) is 0 Å². The Balaban J connectivity index is 2.18. The lowest BCUT2D eigenvalue weighted by Crippen LogP contribution is -2.43. The fourth-order valence-corrected chi connectivity index (χ4v) is 2.28. The summed E-state index contributed by atoms with van der Waals surface area (Å²) in [6.45, 7) is 4.38. The number of para-hydroxylation sites is 1. The van der Waals surface area contributed by atoms with Crippen molar-refractivity contribution in [2.75, 3.05) is 18.0 Å². The second kappa shape index (κ2) is 4.67. The SMILES string of the molecule is CCCCN1CC(N)Cc2ccccc21. The smallest absolute Gasteiger partial charge is 0.0399 e. The molecule has 0 radical (unpaired) electrons. The highest BCUT2D eigenvalue weighted by Crippen LogP contribution is 2.26. The van der Waals surface area contributed by atoms with Gasteiger partial charge in [-0.1, -0.05) is 31.5 Å². The van der Waals surface area contributed by atoms with Crippen molar-refractivity contribution in [3.05, 3.63) is 29.8 Å². The van der Waals surface area contributed by atoms with Gasteiger partial charge in [0.15, 0.2) is 0 Å². The maximum Gasteiger partial charge on any atom is 0.0399 e. The fraction of sp³-hybridized carbons (Fsp3) is 0.538. The molecule has 1 unspecified atom stereocenters. The highest BCUT2D eigenvalue weighted by Gasteiger charge is 2.20. The summed E-state index contributed by atoms with van der Waals surface area (Å²) in [5.74, 6) is 0. The van der Waals surface area contributed by atoms with Crippen molar-refractivity contribution in [3.63, 3.8) is 0 Å². The first-order valence-corrected chi connectivity index (χ1v) is 5.89. The Bertz CT molecular complexity index is 322. The van der Waals surface area contributed by atoms with Crippen molar-refractivity contribution < 1.29 is 0 Å². The molecule has 2 nitrogen and oxygen atoms in total. The summed E-state index contributed by atoms with van der Waals surface area (Å²) in [4.78, 5) is 2.44. The predicted molar refractivity (Wildman–Crippen MR) is 65.2 cm³/mol. The van der Waals surface area contributed by atoms with Crippen LogP contribution in [0.4, 0.5) is 5.69 Å². The first-order chi connectivity index (χ1) is 7.31. The number of unbranched alkanes of at least 4 members (excludes halogenated alkanes) is 1. The van der Waals surface area contributed by atoms with Crippen LogP contribution in [0.3, 0.4) is 0 Å². The van der Waals surface area contributed by atoms with Gasteiger partial charge in [0.05, 0.1) is 0 Å². The van der Waals surface area contributed by atoms with Gasteiger partial charge in [0.2, 0.25) is 0 Å². The molecule has 0 aliphatic carbocycles. The molecule has 0 saturated heterocycles. The molecule has 2 rings (SSSR count). The van der Waals surface area contributed by atoms with Gasteiger partial charge in [-0.05, 0) is 24.5 Å². The molecule has 1 heterocycles. The second-order valence-electron chi connectivity index (χ2n) is 4.39. The summed E-state index contributed by atoms with van der Waals surface area (Å²) in [5, 5.41) is 0. The summed E-state index contributed by atoms with van der Waals surface area (Å²) in [6, 6.07) is 8.95. The van der Waals surface area contributed by atoms with E-state index in [9.17, 15) is 0 Å². The molecule has 0 aromatic heterocycles. The lowest BCUT2D eigenvalue weighted by atomic mass is 9.98. The first-order valence-electron chi connectivity index (χ1n) is 5.89. The number of nitrogens with two attached hydrogens (primary N) is 1. The van der Waals surface area contributed by atoms with E-state index >= 15 is 0 Å². The molecule has 0 saturated carbocycles. The van der Waals surface area contributed by atoms with Gasteiger partial charge < -0.3 is 10.6 Å². The number of fused-ring (bicyclic) bond motifs is 1. The maximum atomic E-state index is 6.07. The van der Waals surface area contributed by atoms with Crippen LogP contribution in [-0.2, 0) is 6.42 Å². The van der Waals surface area contributed by atoms with E-state index in [2.05, 4.69) is 36.1 Å². The quantitative estimate of drug-likeness (QED) is 0.817. The Morgan fingerprint density at radius 1 is 1.40 bits per heavy atom. The third-order valence-electron chi connectivity index (χ3n) is 3.05. The van der Waals surface area contributed by atoms with E-state index in [0.717, 1.165) is 19.5 Å². The summed E-state index contributed by atoms with van der Waals surface area (Å²) in [5.41, 5.74) is 8.88. The summed E-state index contributed by atoms with van der Waals surface area (Å²) >= 11 is 0. The fourth-order valence-electron chi connectivity index (χ4n) is 2.28. The average Bonchev–Trinajstić information content (AvgIpc) is 2.25. The highest BCUT2D eigenvalue weighted by atomic mass is 15.1. The molecular formula is C13H20N2. The van der Waals surface area contributed by atoms with Crippen molar-refractivity contribution in [2.24, 2.45) is 5.73 Å². The standard InChI is InChI=1S/C13H20N2/c1-2-3-8-15-10-12(14)9-11-6-4-5-7-13(11)15/h4-7,12H,2-3,8-10,14H2,1H3. The Kier molecular flexibility index (Phi) is 3.27. The molecule has 0 bridgehead atoms. The second-order valence-corrected chi connectivity index (χ2v) is 4.39. The first kappa shape index (κ1) is 10.5. The molecule has 1 atom stereocenters. The largest absolute Gasteiger partial charge is 0.370 e. The normalized spacial score (nSPS) is 20.1. The van der Waals surface area contributed by atoms with Gasteiger partial charge in [0.1, 0.15) is 0 Å². The maximum absolute atomic E-state index is 6.07. The molecule has 1 aliphatic heterocycles. The lowest BCUT2D eigenvalue weighted by molar-refractivity contribution is 0.587. The Hall–Kier alpha value is -1.02. The van der Waals surface area contributed by atoms with E-state index in [1.54, 1.807) is 0 Å². The monoisotopic (exact) mass is 204 g/mol. The highest BCUT2D eigenvalue weighted by molar-refractivity contribution is 5.56. The van der Waals surface area contributed by atoms with Gasteiger partial charge in [-0.25, -0.2) is 0 Å². The minimum atomic E-state index is 0.303. The molecule has 0 spiro atoms. The van der Waals surface area contributed by atoms with Gasteiger partial charge in [0.25, 0.3) is 0 Å². The summed E-state index contributed by atoms with van der Waals surface area (Å²) in [6.07, 6.45) is 3.52. The molecule has 2 N–H and O–H groups in total. The Morgan fingerprint density at radius 3 is 3.00 bits per heavy atom. The van der Waals surface area contributed by atoms with Crippen molar-refractivity contribution in [1.29, 1.82) is 0 Å². The van der Waals surface area contributed by atoms with Crippen LogP contribution in [0.15, 0.2) is 24.3 Å². The molecule has 82 valence electrons. The molecule has 2 heteroatoms. The topological polar surface area (TPSA) is 29.3 Å². The third-order valence-corrected chi connectivity index (χ3v) is 3.05. The molecule has 0 fully saturated rings. The number of anilines is 1. The van der Waals surface area contributed by atoms with E-state index in [1.807, 2.05) is 0 Å². The van der Waals surface area contributed by atoms with E-state index in [4.69, 9.17) is 5.73 Å². The van der Waals surface area contributed by atoms with Crippen LogP contribution >= 0.6 is 0 Å². The van der Waals surface area contributed by atoms with Crippen molar-refractivity contribution >= 4 is 5.69 Å². The molecule has 1 aromatic carbocycles. The number of hydrogen-bond acceptors (Lipinski definition) is 2. The van der Waals surface area contributed by atoms with E-state index < -0.39 is 0 Å². The summed E-state index contributed by atoms with van der Waals surface area (Å²) in [7, 11) is 0. The minimum absolute atomic E-state index is 0.303. The Morgan fingerprint density at radius 2 is 2.20 bits per heavy atom. The lowest BCUT2D eigenvalue weighted by Gasteiger charge is -2.34. The number of rotatable bonds is 3. The van der Waals surface area contributed by atoms with Crippen LogP contribution in [0, 0.1) is 0 Å². The zero-order chi connectivity index (χ0) is 10.7. The van der Waals surface area contributed by atoms with Gasteiger partial charge in [-0.3, -0.25) is 0 Å². The third kappa shape index (κ3) is 2.32. The number of hydrogen-bond donors (Lipinski definition) is 1. The molecule has 15 heavy (non-hydrogen) atoms. The van der Waals surface area contributed by atoms with Crippen LogP contribution in [0.5, 0.6) is 0 Å². The molecule has 1 aliphatic rings. The van der Waals surface area contributed by atoms with Gasteiger partial charge in [-0.15, -0.1) is 0 Å². The molecular weight excluding hydrogens is 184 g/mol. The van der Waals surface area contributed by atoms with Crippen molar-refractivity contribution in [3.8, 4) is 0 Å². The van der Waals surface area contributed by atoms with Crippen molar-refractivity contribution in [2.45, 2.75) is 32.2 Å². The Labute approximate surface area is 92.1 Å². The minimum Gasteiger partial charge on any atom is -0.370 e. The van der Waals surface area contributed by atoms with Crippen LogP contribution in [-0.4, -0.2) is 19.1 Å². The van der Waals surface area contributed by atoms with Crippen LogP contribution in [0.1, 0.15) is 25.3 Å². The number of nitrogens with zero attached hydrogens (tertiary/aromatic N) is 1. The van der Waals surface area contributed by atoms with E-state index in [1.165, 1.54) is 24.1 Å². The molecule has 1 aromatic rings. The average molecular weight is 204 g/mol. The van der Waals surface area contributed by atoms with Gasteiger partial charge >= 0.3 is 0 Å².